The highest BCUT2D eigenvalue weighted by atomic mass is 16.5. The number of esters is 1. The van der Waals surface area contributed by atoms with E-state index >= 15 is 0 Å². The van der Waals surface area contributed by atoms with E-state index in [0.717, 1.165) is 24.8 Å². The lowest BCUT2D eigenvalue weighted by Gasteiger charge is -2.10. The molecule has 0 atom stereocenters. The number of hydrogen-bond acceptors (Lipinski definition) is 4. The fraction of sp³-hybridized carbons (Fsp3) is 0.435. The molecule has 0 N–H and O–H groups in total. The highest BCUT2D eigenvalue weighted by Crippen LogP contribution is 2.23. The van der Waals surface area contributed by atoms with E-state index in [4.69, 9.17) is 4.74 Å². The van der Waals surface area contributed by atoms with Gasteiger partial charge in [0.05, 0.1) is 5.56 Å². The van der Waals surface area contributed by atoms with Crippen LogP contribution in [0.5, 0.6) is 5.75 Å². The third-order valence-corrected chi connectivity index (χ3v) is 4.56. The summed E-state index contributed by atoms with van der Waals surface area (Å²) in [7, 11) is 0. The van der Waals surface area contributed by atoms with E-state index in [-0.39, 0.29) is 11.8 Å². The van der Waals surface area contributed by atoms with Gasteiger partial charge in [-0.2, -0.15) is 0 Å². The lowest BCUT2D eigenvalue weighted by molar-refractivity contribution is -0.134. The van der Waals surface area contributed by atoms with Gasteiger partial charge in [-0.3, -0.25) is 14.6 Å². The van der Waals surface area contributed by atoms with Crippen LogP contribution >= 0.6 is 0 Å². The van der Waals surface area contributed by atoms with Crippen molar-refractivity contribution >= 4 is 11.8 Å². The molecule has 2 aromatic rings. The van der Waals surface area contributed by atoms with Crippen LogP contribution in [-0.2, 0) is 4.79 Å². The number of ether oxygens (including phenoxy) is 1. The molecule has 0 aliphatic heterocycles. The van der Waals surface area contributed by atoms with E-state index in [2.05, 4.69) is 11.9 Å². The largest absolute Gasteiger partial charge is 0.426 e. The van der Waals surface area contributed by atoms with Crippen molar-refractivity contribution in [1.29, 1.82) is 0 Å². The first-order chi connectivity index (χ1) is 13.1. The lowest BCUT2D eigenvalue weighted by atomic mass is 10.0. The Labute approximate surface area is 162 Å². The molecule has 4 heteroatoms. The van der Waals surface area contributed by atoms with E-state index in [9.17, 15) is 9.59 Å². The van der Waals surface area contributed by atoms with Crippen LogP contribution in [0.25, 0.3) is 0 Å². The number of aryl methyl sites for hydroxylation is 1. The predicted octanol–water partition coefficient (Wildman–Crippen LogP) is 5.67. The van der Waals surface area contributed by atoms with E-state index in [1.165, 1.54) is 25.7 Å². The number of carbonyl (C=O) groups excluding carboxylic acids is 2. The SMILES string of the molecule is CCCCCCCCCC(=O)Oc1ccccc1C(=O)c1ncccc1C. The molecule has 0 saturated heterocycles. The molecule has 1 aromatic carbocycles. The van der Waals surface area contributed by atoms with E-state index in [1.807, 2.05) is 13.0 Å². The fourth-order valence-corrected chi connectivity index (χ4v) is 2.99. The lowest BCUT2D eigenvalue weighted by Crippen LogP contribution is -2.13. The first-order valence-electron chi connectivity index (χ1n) is 9.89. The summed E-state index contributed by atoms with van der Waals surface area (Å²) in [4.78, 5) is 29.2. The summed E-state index contributed by atoms with van der Waals surface area (Å²) in [6.45, 7) is 4.04. The number of nitrogens with zero attached hydrogens (tertiary/aromatic N) is 1. The van der Waals surface area contributed by atoms with Crippen molar-refractivity contribution in [2.75, 3.05) is 0 Å². The number of aromatic nitrogens is 1. The van der Waals surface area contributed by atoms with Crippen molar-refractivity contribution in [3.63, 3.8) is 0 Å². The standard InChI is InChI=1S/C23H29NO3/c1-3-4-5-6-7-8-9-16-21(25)27-20-15-11-10-14-19(20)23(26)22-18(2)13-12-17-24-22/h10-15,17H,3-9,16H2,1-2H3. The Morgan fingerprint density at radius 2 is 1.63 bits per heavy atom. The number of ketones is 1. The molecule has 0 spiro atoms. The normalized spacial score (nSPS) is 10.6. The minimum absolute atomic E-state index is 0.229. The van der Waals surface area contributed by atoms with Crippen LogP contribution in [0.1, 0.15) is 79.9 Å². The molecule has 1 aromatic heterocycles. The number of hydrogen-bond donors (Lipinski definition) is 0. The Balaban J connectivity index is 1.91. The van der Waals surface area contributed by atoms with Gasteiger partial charge in [-0.1, -0.05) is 63.6 Å². The van der Waals surface area contributed by atoms with Crippen molar-refractivity contribution in [1.82, 2.24) is 4.98 Å². The molecule has 0 bridgehead atoms. The minimum Gasteiger partial charge on any atom is -0.426 e. The van der Waals surface area contributed by atoms with Gasteiger partial charge in [0.15, 0.2) is 0 Å². The smallest absolute Gasteiger partial charge is 0.311 e. The number of carbonyl (C=O) groups is 2. The van der Waals surface area contributed by atoms with Crippen molar-refractivity contribution in [2.24, 2.45) is 0 Å². The highest BCUT2D eigenvalue weighted by molar-refractivity contribution is 6.10. The molecule has 144 valence electrons. The van der Waals surface area contributed by atoms with Crippen molar-refractivity contribution in [3.8, 4) is 5.75 Å². The predicted molar refractivity (Wildman–Crippen MR) is 107 cm³/mol. The summed E-state index contributed by atoms with van der Waals surface area (Å²) in [5.41, 5.74) is 1.55. The summed E-state index contributed by atoms with van der Waals surface area (Å²) in [6, 6.07) is 10.5. The highest BCUT2D eigenvalue weighted by Gasteiger charge is 2.18. The third kappa shape index (κ3) is 6.63. The second-order valence-electron chi connectivity index (χ2n) is 6.84. The first kappa shape index (κ1) is 20.8. The average molecular weight is 367 g/mol. The number of unbranched alkanes of at least 4 members (excludes halogenated alkanes) is 6. The maximum Gasteiger partial charge on any atom is 0.311 e. The molecule has 0 amide bonds. The maximum atomic E-state index is 12.8. The Kier molecular flexibility index (Phi) is 8.69. The molecule has 0 unspecified atom stereocenters. The number of benzene rings is 1. The Bertz CT molecular complexity index is 755. The minimum atomic E-state index is -0.290. The van der Waals surface area contributed by atoms with Crippen LogP contribution in [0, 0.1) is 6.92 Å². The van der Waals surface area contributed by atoms with Gasteiger partial charge >= 0.3 is 5.97 Å². The Morgan fingerprint density at radius 1 is 0.926 bits per heavy atom. The summed E-state index contributed by atoms with van der Waals surface area (Å²) >= 11 is 0. The van der Waals surface area contributed by atoms with E-state index in [0.29, 0.717) is 23.4 Å². The van der Waals surface area contributed by atoms with Gasteiger partial charge in [0.2, 0.25) is 5.78 Å². The fourth-order valence-electron chi connectivity index (χ4n) is 2.99. The summed E-state index contributed by atoms with van der Waals surface area (Å²) in [5, 5.41) is 0. The molecule has 4 nitrogen and oxygen atoms in total. The molecule has 0 aliphatic carbocycles. The molecule has 1 heterocycles. The van der Waals surface area contributed by atoms with Crippen LogP contribution in [0.2, 0.25) is 0 Å². The molecule has 0 saturated carbocycles. The maximum absolute atomic E-state index is 12.8. The third-order valence-electron chi connectivity index (χ3n) is 4.56. The van der Waals surface area contributed by atoms with Crippen LogP contribution in [-0.4, -0.2) is 16.7 Å². The number of pyridine rings is 1. The van der Waals surface area contributed by atoms with Gasteiger partial charge in [0, 0.05) is 12.6 Å². The Morgan fingerprint density at radius 3 is 2.37 bits per heavy atom. The second-order valence-corrected chi connectivity index (χ2v) is 6.84. The zero-order valence-corrected chi connectivity index (χ0v) is 16.4. The zero-order valence-electron chi connectivity index (χ0n) is 16.4. The zero-order chi connectivity index (χ0) is 19.5. The van der Waals surface area contributed by atoms with Crippen LogP contribution < -0.4 is 4.74 Å². The topological polar surface area (TPSA) is 56.3 Å². The summed E-state index contributed by atoms with van der Waals surface area (Å²) in [5.74, 6) is -0.213. The van der Waals surface area contributed by atoms with Gasteiger partial charge in [0.1, 0.15) is 11.4 Å². The van der Waals surface area contributed by atoms with Gasteiger partial charge in [-0.25, -0.2) is 0 Å². The monoisotopic (exact) mass is 367 g/mol. The van der Waals surface area contributed by atoms with Crippen LogP contribution in [0.3, 0.4) is 0 Å². The van der Waals surface area contributed by atoms with E-state index < -0.39 is 0 Å². The van der Waals surface area contributed by atoms with Gasteiger partial charge in [-0.05, 0) is 37.1 Å². The molecule has 0 fully saturated rings. The molecule has 0 radical (unpaired) electrons. The molecule has 2 rings (SSSR count). The van der Waals surface area contributed by atoms with Gasteiger partial charge in [0.25, 0.3) is 0 Å². The quantitative estimate of drug-likeness (QED) is 0.222. The summed E-state index contributed by atoms with van der Waals surface area (Å²) < 4.78 is 5.49. The molecular formula is C23H29NO3. The van der Waals surface area contributed by atoms with E-state index in [1.54, 1.807) is 36.5 Å². The van der Waals surface area contributed by atoms with Gasteiger partial charge in [-0.15, -0.1) is 0 Å². The number of para-hydroxylation sites is 1. The molecule has 27 heavy (non-hydrogen) atoms. The number of rotatable bonds is 11. The van der Waals surface area contributed by atoms with Crippen molar-refractivity contribution in [3.05, 3.63) is 59.4 Å². The van der Waals surface area contributed by atoms with Crippen LogP contribution in [0.4, 0.5) is 0 Å². The summed E-state index contributed by atoms with van der Waals surface area (Å²) in [6.07, 6.45) is 9.99. The first-order valence-corrected chi connectivity index (χ1v) is 9.89. The Hall–Kier alpha value is -2.49. The van der Waals surface area contributed by atoms with Crippen LogP contribution in [0.15, 0.2) is 42.6 Å². The van der Waals surface area contributed by atoms with Crippen molar-refractivity contribution in [2.45, 2.75) is 65.2 Å². The van der Waals surface area contributed by atoms with Crippen molar-refractivity contribution < 1.29 is 14.3 Å². The second kappa shape index (κ2) is 11.3. The average Bonchev–Trinajstić information content (AvgIpc) is 2.67. The molecule has 0 aliphatic rings. The molecular weight excluding hydrogens is 338 g/mol. The van der Waals surface area contributed by atoms with Gasteiger partial charge < -0.3 is 4.74 Å².